The molecule has 2 N–H and O–H groups in total. The van der Waals surface area contributed by atoms with Crippen molar-refractivity contribution in [3.63, 3.8) is 0 Å². The molecule has 6 heteroatoms. The van der Waals surface area contributed by atoms with Crippen molar-refractivity contribution in [3.05, 3.63) is 29.3 Å². The first-order chi connectivity index (χ1) is 9.83. The van der Waals surface area contributed by atoms with Crippen molar-refractivity contribution in [3.8, 4) is 5.75 Å². The monoisotopic (exact) mass is 297 g/mol. The van der Waals surface area contributed by atoms with Crippen LogP contribution in [0.4, 0.5) is 8.78 Å². The smallest absolute Gasteiger partial charge is 0.352 e. The molecule has 0 spiro atoms. The maximum absolute atomic E-state index is 14.1. The third-order valence-electron chi connectivity index (χ3n) is 4.30. The van der Waals surface area contributed by atoms with Crippen LogP contribution in [-0.2, 0) is 4.79 Å². The predicted molar refractivity (Wildman–Crippen MR) is 71.3 cm³/mol. The Labute approximate surface area is 121 Å². The average Bonchev–Trinajstić information content (AvgIpc) is 2.78. The van der Waals surface area contributed by atoms with E-state index in [-0.39, 0.29) is 19.4 Å². The first-order valence-corrected chi connectivity index (χ1v) is 6.98. The number of rotatable bonds is 3. The highest BCUT2D eigenvalue weighted by Crippen LogP contribution is 2.44. The van der Waals surface area contributed by atoms with Gasteiger partial charge in [0.2, 0.25) is 0 Å². The van der Waals surface area contributed by atoms with Crippen molar-refractivity contribution in [2.75, 3.05) is 6.61 Å². The van der Waals surface area contributed by atoms with Crippen molar-refractivity contribution >= 4 is 5.91 Å². The van der Waals surface area contributed by atoms with Gasteiger partial charge in [0.15, 0.2) is 0 Å². The van der Waals surface area contributed by atoms with E-state index in [2.05, 4.69) is 5.32 Å². The summed E-state index contributed by atoms with van der Waals surface area (Å²) in [6, 6.07) is 4.81. The van der Waals surface area contributed by atoms with Crippen LogP contribution in [0, 0.1) is 6.92 Å². The molecular weight excluding hydrogens is 280 g/mol. The van der Waals surface area contributed by atoms with Gasteiger partial charge in [-0.1, -0.05) is 17.7 Å². The highest BCUT2D eigenvalue weighted by atomic mass is 19.3. The summed E-state index contributed by atoms with van der Waals surface area (Å²) in [5, 5.41) is 12.1. The van der Waals surface area contributed by atoms with Crippen LogP contribution < -0.4 is 10.1 Å². The van der Waals surface area contributed by atoms with Crippen LogP contribution in [0.15, 0.2) is 18.2 Å². The number of hydrogen-bond donors (Lipinski definition) is 2. The van der Waals surface area contributed by atoms with Gasteiger partial charge >= 0.3 is 5.92 Å². The van der Waals surface area contributed by atoms with Gasteiger partial charge in [0.25, 0.3) is 5.91 Å². The van der Waals surface area contributed by atoms with Crippen LogP contribution in [0.5, 0.6) is 5.75 Å². The van der Waals surface area contributed by atoms with Crippen molar-refractivity contribution in [1.29, 1.82) is 0 Å². The molecule has 0 saturated heterocycles. The van der Waals surface area contributed by atoms with Crippen molar-refractivity contribution in [2.24, 2.45) is 0 Å². The number of ether oxygens (including phenoxy) is 1. The summed E-state index contributed by atoms with van der Waals surface area (Å²) in [4.78, 5) is 11.9. The number of hydrogen-bond acceptors (Lipinski definition) is 3. The Bertz CT molecular complexity index is 584. The van der Waals surface area contributed by atoms with E-state index in [1.807, 2.05) is 19.1 Å². The zero-order valence-corrected chi connectivity index (χ0v) is 11.7. The molecule has 1 heterocycles. The quantitative estimate of drug-likeness (QED) is 0.898. The molecule has 0 bridgehead atoms. The van der Waals surface area contributed by atoms with Crippen LogP contribution in [0.1, 0.15) is 36.4 Å². The lowest BCUT2D eigenvalue weighted by molar-refractivity contribution is -0.216. The van der Waals surface area contributed by atoms with E-state index in [1.54, 1.807) is 6.07 Å². The molecule has 1 aromatic carbocycles. The van der Waals surface area contributed by atoms with Gasteiger partial charge in [-0.05, 0) is 32.3 Å². The van der Waals surface area contributed by atoms with E-state index in [0.29, 0.717) is 17.7 Å². The fourth-order valence-corrected chi connectivity index (χ4v) is 2.74. The molecule has 4 nitrogen and oxygen atoms in total. The second kappa shape index (κ2) is 4.66. The van der Waals surface area contributed by atoms with Crippen LogP contribution in [0.2, 0.25) is 0 Å². The summed E-state index contributed by atoms with van der Waals surface area (Å²) < 4.78 is 33.5. The molecule has 1 aliphatic carbocycles. The summed E-state index contributed by atoms with van der Waals surface area (Å²) in [7, 11) is 0. The summed E-state index contributed by atoms with van der Waals surface area (Å²) >= 11 is 0. The number of benzene rings is 1. The lowest BCUT2D eigenvalue weighted by atomic mass is 9.75. The van der Waals surface area contributed by atoms with Gasteiger partial charge in [-0.3, -0.25) is 4.79 Å². The first-order valence-electron chi connectivity index (χ1n) is 6.98. The Kier molecular flexibility index (Phi) is 3.16. The Morgan fingerprint density at radius 1 is 1.48 bits per heavy atom. The molecule has 1 aromatic rings. The lowest BCUT2D eigenvalue weighted by Gasteiger charge is -2.41. The van der Waals surface area contributed by atoms with Gasteiger partial charge in [-0.25, -0.2) is 0 Å². The third kappa shape index (κ3) is 2.18. The minimum atomic E-state index is -3.78. The topological polar surface area (TPSA) is 58.6 Å². The molecule has 1 saturated carbocycles. The largest absolute Gasteiger partial charge is 0.491 e. The summed E-state index contributed by atoms with van der Waals surface area (Å²) in [6.07, 6.45) is 0.405. The van der Waals surface area contributed by atoms with Crippen molar-refractivity contribution < 1.29 is 23.4 Å². The number of fused-ring (bicyclic) bond motifs is 1. The summed E-state index contributed by atoms with van der Waals surface area (Å²) in [5.41, 5.74) is -0.547. The Morgan fingerprint density at radius 3 is 2.81 bits per heavy atom. The molecule has 1 amide bonds. The van der Waals surface area contributed by atoms with Crippen molar-refractivity contribution in [1.82, 2.24) is 5.32 Å². The summed E-state index contributed by atoms with van der Waals surface area (Å²) in [5.74, 6) is -4.62. The van der Waals surface area contributed by atoms with Gasteiger partial charge in [0, 0.05) is 5.56 Å². The first kappa shape index (κ1) is 14.3. The molecule has 114 valence electrons. The Hall–Kier alpha value is -1.69. The molecule has 1 fully saturated rings. The predicted octanol–water partition coefficient (Wildman–Crippen LogP) is 2.10. The number of nitrogens with one attached hydrogen (secondary N) is 1. The van der Waals surface area contributed by atoms with Crippen LogP contribution in [0.3, 0.4) is 0 Å². The highest BCUT2D eigenvalue weighted by Gasteiger charge is 2.61. The molecular formula is C15H17F2NO3. The van der Waals surface area contributed by atoms with Crippen LogP contribution >= 0.6 is 0 Å². The van der Waals surface area contributed by atoms with E-state index >= 15 is 0 Å². The van der Waals surface area contributed by atoms with E-state index in [1.165, 1.54) is 0 Å². The fraction of sp³-hybridized carbons (Fsp3) is 0.533. The SMILES string of the molecule is Cc1ccc2c(c1)C(NC(=O)C(F)(F)C1(O)CCC1)CO2. The molecule has 0 radical (unpaired) electrons. The number of halogens is 2. The number of aliphatic hydroxyl groups is 1. The summed E-state index contributed by atoms with van der Waals surface area (Å²) in [6.45, 7) is 2.00. The maximum Gasteiger partial charge on any atom is 0.352 e. The number of carbonyl (C=O) groups is 1. The van der Waals surface area contributed by atoms with E-state index < -0.39 is 23.5 Å². The molecule has 3 rings (SSSR count). The average molecular weight is 297 g/mol. The lowest BCUT2D eigenvalue weighted by Crippen LogP contribution is -2.61. The molecule has 0 aromatic heterocycles. The number of aryl methyl sites for hydroxylation is 1. The zero-order chi connectivity index (χ0) is 15.3. The standard InChI is InChI=1S/C15H17F2NO3/c1-9-3-4-12-10(7-9)11(8-21-12)18-13(19)15(16,17)14(20)5-2-6-14/h3-4,7,11,20H,2,5-6,8H2,1H3,(H,18,19). The molecule has 1 aliphatic heterocycles. The Balaban J connectivity index is 1.77. The maximum atomic E-state index is 14.1. The number of amides is 1. The van der Waals surface area contributed by atoms with Gasteiger partial charge < -0.3 is 15.2 Å². The van der Waals surface area contributed by atoms with E-state index in [9.17, 15) is 18.7 Å². The third-order valence-corrected chi connectivity index (χ3v) is 4.30. The minimum absolute atomic E-state index is 0.0513. The van der Waals surface area contributed by atoms with Gasteiger partial charge in [-0.2, -0.15) is 8.78 Å². The molecule has 2 aliphatic rings. The fourth-order valence-electron chi connectivity index (χ4n) is 2.74. The van der Waals surface area contributed by atoms with E-state index in [4.69, 9.17) is 4.74 Å². The zero-order valence-electron chi connectivity index (χ0n) is 11.7. The van der Waals surface area contributed by atoms with Gasteiger partial charge in [0.1, 0.15) is 18.0 Å². The second-order valence-electron chi connectivity index (χ2n) is 5.84. The van der Waals surface area contributed by atoms with Crippen LogP contribution in [-0.4, -0.2) is 29.1 Å². The minimum Gasteiger partial charge on any atom is -0.491 e. The Morgan fingerprint density at radius 2 is 2.19 bits per heavy atom. The normalized spacial score (nSPS) is 23.0. The molecule has 1 unspecified atom stereocenters. The van der Waals surface area contributed by atoms with Crippen molar-refractivity contribution in [2.45, 2.75) is 43.8 Å². The highest BCUT2D eigenvalue weighted by molar-refractivity contribution is 5.85. The van der Waals surface area contributed by atoms with Gasteiger partial charge in [-0.15, -0.1) is 0 Å². The van der Waals surface area contributed by atoms with Gasteiger partial charge in [0.05, 0.1) is 6.04 Å². The molecule has 1 atom stereocenters. The number of carbonyl (C=O) groups excluding carboxylic acids is 1. The second-order valence-corrected chi connectivity index (χ2v) is 5.84. The van der Waals surface area contributed by atoms with E-state index in [0.717, 1.165) is 5.56 Å². The number of alkyl halides is 2. The molecule has 21 heavy (non-hydrogen) atoms. The van der Waals surface area contributed by atoms with Crippen LogP contribution in [0.25, 0.3) is 0 Å².